The maximum Gasteiger partial charge on any atom is 0.225 e. The van der Waals surface area contributed by atoms with E-state index < -0.39 is 0 Å². The van der Waals surface area contributed by atoms with Crippen molar-refractivity contribution in [2.45, 2.75) is 20.8 Å². The van der Waals surface area contributed by atoms with Crippen LogP contribution in [0.2, 0.25) is 0 Å². The maximum absolute atomic E-state index is 4.65. The average molecular weight is 349 g/mol. The van der Waals surface area contributed by atoms with Crippen molar-refractivity contribution in [2.75, 3.05) is 36.0 Å². The van der Waals surface area contributed by atoms with E-state index in [-0.39, 0.29) is 0 Å². The lowest BCUT2D eigenvalue weighted by Crippen LogP contribution is -2.31. The van der Waals surface area contributed by atoms with Gasteiger partial charge < -0.3 is 9.80 Å². The van der Waals surface area contributed by atoms with Crippen LogP contribution < -0.4 is 9.80 Å². The predicted molar refractivity (Wildman–Crippen MR) is 101 cm³/mol. The number of fused-ring (bicyclic) bond motifs is 2. The highest BCUT2D eigenvalue weighted by Crippen LogP contribution is 2.35. The van der Waals surface area contributed by atoms with Crippen molar-refractivity contribution in [2.24, 2.45) is 11.8 Å². The van der Waals surface area contributed by atoms with E-state index >= 15 is 0 Å². The fraction of sp³-hybridized carbons (Fsp3) is 0.474. The van der Waals surface area contributed by atoms with Gasteiger partial charge in [-0.25, -0.2) is 15.0 Å². The highest BCUT2D eigenvalue weighted by Gasteiger charge is 2.41. The number of aromatic nitrogens is 5. The molecular formula is C19H23N7. The molecule has 26 heavy (non-hydrogen) atoms. The highest BCUT2D eigenvalue weighted by atomic mass is 15.4. The zero-order chi connectivity index (χ0) is 17.8. The Morgan fingerprint density at radius 2 is 1.58 bits per heavy atom. The fourth-order valence-corrected chi connectivity index (χ4v) is 4.35. The largest absolute Gasteiger partial charge is 0.356 e. The molecule has 5 rings (SSSR count). The number of rotatable bonds is 2. The summed E-state index contributed by atoms with van der Waals surface area (Å²) in [5, 5.41) is 4.65. The molecule has 2 unspecified atom stereocenters. The Morgan fingerprint density at radius 1 is 0.846 bits per heavy atom. The summed E-state index contributed by atoms with van der Waals surface area (Å²) in [5.74, 6) is 3.31. The second-order valence-electron chi connectivity index (χ2n) is 7.64. The van der Waals surface area contributed by atoms with Gasteiger partial charge in [0.2, 0.25) is 5.95 Å². The Morgan fingerprint density at radius 3 is 2.31 bits per heavy atom. The monoisotopic (exact) mass is 349 g/mol. The summed E-state index contributed by atoms with van der Waals surface area (Å²) in [6.07, 6.45) is 1.86. The van der Waals surface area contributed by atoms with E-state index in [9.17, 15) is 0 Å². The molecule has 2 atom stereocenters. The third kappa shape index (κ3) is 2.50. The van der Waals surface area contributed by atoms with Crippen LogP contribution in [0.1, 0.15) is 17.1 Å². The van der Waals surface area contributed by atoms with Crippen molar-refractivity contribution in [1.29, 1.82) is 0 Å². The molecule has 3 aromatic heterocycles. The second-order valence-corrected chi connectivity index (χ2v) is 7.64. The van der Waals surface area contributed by atoms with E-state index in [2.05, 4.69) is 42.8 Å². The molecule has 0 radical (unpaired) electrons. The Bertz CT molecular complexity index is 965. The quantitative estimate of drug-likeness (QED) is 0.705. The molecule has 0 amide bonds. The third-order valence-corrected chi connectivity index (χ3v) is 5.53. The molecule has 0 saturated carbocycles. The van der Waals surface area contributed by atoms with Crippen LogP contribution in [0.25, 0.3) is 5.65 Å². The summed E-state index contributed by atoms with van der Waals surface area (Å²) >= 11 is 0. The first-order chi connectivity index (χ1) is 12.6. The maximum atomic E-state index is 4.65. The van der Waals surface area contributed by atoms with Crippen molar-refractivity contribution in [3.8, 4) is 0 Å². The minimum Gasteiger partial charge on any atom is -0.356 e. The first-order valence-electron chi connectivity index (χ1n) is 9.20. The van der Waals surface area contributed by atoms with Gasteiger partial charge in [0.25, 0.3) is 0 Å². The summed E-state index contributed by atoms with van der Waals surface area (Å²) in [6.45, 7) is 10.2. The molecule has 2 fully saturated rings. The summed E-state index contributed by atoms with van der Waals surface area (Å²) < 4.78 is 1.99. The fourth-order valence-electron chi connectivity index (χ4n) is 4.35. The van der Waals surface area contributed by atoms with Crippen LogP contribution >= 0.6 is 0 Å². The normalized spacial score (nSPS) is 22.4. The molecule has 2 aliphatic heterocycles. The van der Waals surface area contributed by atoms with Crippen molar-refractivity contribution in [1.82, 2.24) is 24.6 Å². The van der Waals surface area contributed by atoms with Crippen LogP contribution in [0.15, 0.2) is 24.4 Å². The number of hydrogen-bond acceptors (Lipinski definition) is 6. The minimum absolute atomic E-state index is 0.638. The summed E-state index contributed by atoms with van der Waals surface area (Å²) in [5.41, 5.74) is 4.01. The Balaban J connectivity index is 1.39. The van der Waals surface area contributed by atoms with Crippen LogP contribution in [0, 0.1) is 32.6 Å². The van der Waals surface area contributed by atoms with Gasteiger partial charge in [0.1, 0.15) is 5.82 Å². The Hall–Kier alpha value is -2.70. The molecule has 0 spiro atoms. The van der Waals surface area contributed by atoms with Gasteiger partial charge in [0.15, 0.2) is 5.65 Å². The van der Waals surface area contributed by atoms with Gasteiger partial charge >= 0.3 is 0 Å². The lowest BCUT2D eigenvalue weighted by atomic mass is 10.0. The molecule has 0 bridgehead atoms. The first kappa shape index (κ1) is 15.5. The van der Waals surface area contributed by atoms with E-state index in [0.29, 0.717) is 11.8 Å². The summed E-state index contributed by atoms with van der Waals surface area (Å²) in [4.78, 5) is 18.5. The number of nitrogens with zero attached hydrogens (tertiary/aromatic N) is 7. The molecule has 3 aromatic rings. The molecule has 5 heterocycles. The lowest BCUT2D eigenvalue weighted by Gasteiger charge is -2.23. The van der Waals surface area contributed by atoms with Gasteiger partial charge in [-0.1, -0.05) is 0 Å². The molecule has 0 N–H and O–H groups in total. The zero-order valence-corrected chi connectivity index (χ0v) is 15.4. The lowest BCUT2D eigenvalue weighted by molar-refractivity contribution is 0.533. The second kappa shape index (κ2) is 5.65. The summed E-state index contributed by atoms with van der Waals surface area (Å²) in [7, 11) is 0. The minimum atomic E-state index is 0.638. The zero-order valence-electron chi connectivity index (χ0n) is 15.4. The van der Waals surface area contributed by atoms with Gasteiger partial charge in [-0.3, -0.25) is 0 Å². The van der Waals surface area contributed by atoms with Crippen molar-refractivity contribution in [3.05, 3.63) is 41.5 Å². The van der Waals surface area contributed by atoms with E-state index in [1.807, 2.05) is 36.7 Å². The molecule has 2 saturated heterocycles. The third-order valence-electron chi connectivity index (χ3n) is 5.53. The van der Waals surface area contributed by atoms with Crippen LogP contribution in [0.4, 0.5) is 11.8 Å². The molecule has 0 aliphatic carbocycles. The number of hydrogen-bond donors (Lipinski definition) is 0. The van der Waals surface area contributed by atoms with Crippen molar-refractivity contribution in [3.63, 3.8) is 0 Å². The molecule has 134 valence electrons. The predicted octanol–water partition coefficient (Wildman–Crippen LogP) is 2.02. The van der Waals surface area contributed by atoms with Gasteiger partial charge in [-0.2, -0.15) is 9.61 Å². The Kier molecular flexibility index (Phi) is 3.38. The van der Waals surface area contributed by atoms with E-state index in [1.165, 1.54) is 0 Å². The number of anilines is 2. The van der Waals surface area contributed by atoms with Gasteiger partial charge in [-0.15, -0.1) is 0 Å². The van der Waals surface area contributed by atoms with E-state index in [0.717, 1.165) is 60.7 Å². The van der Waals surface area contributed by atoms with Crippen LogP contribution in [-0.2, 0) is 0 Å². The van der Waals surface area contributed by atoms with Crippen LogP contribution in [-0.4, -0.2) is 50.7 Å². The average Bonchev–Trinajstić information content (AvgIpc) is 3.25. The molecule has 0 aromatic carbocycles. The number of aryl methyl sites for hydroxylation is 3. The van der Waals surface area contributed by atoms with Gasteiger partial charge in [0.05, 0.1) is 5.69 Å². The van der Waals surface area contributed by atoms with E-state index in [4.69, 9.17) is 0 Å². The van der Waals surface area contributed by atoms with Crippen LogP contribution in [0.3, 0.4) is 0 Å². The van der Waals surface area contributed by atoms with Gasteiger partial charge in [-0.05, 0) is 26.8 Å². The van der Waals surface area contributed by atoms with Crippen LogP contribution in [0.5, 0.6) is 0 Å². The van der Waals surface area contributed by atoms with E-state index in [1.54, 1.807) is 0 Å². The molecule has 2 aliphatic rings. The molecular weight excluding hydrogens is 326 g/mol. The highest BCUT2D eigenvalue weighted by molar-refractivity contribution is 5.53. The van der Waals surface area contributed by atoms with Gasteiger partial charge in [0, 0.05) is 67.7 Å². The first-order valence-corrected chi connectivity index (χ1v) is 9.20. The van der Waals surface area contributed by atoms with Crippen molar-refractivity contribution < 1.29 is 0 Å². The van der Waals surface area contributed by atoms with Crippen molar-refractivity contribution >= 4 is 17.4 Å². The molecule has 7 heteroatoms. The SMILES string of the molecule is Cc1ccnc(N2CC3CN(c4cc(C)nc5cc(C)nn45)CC3C2)n1. The Labute approximate surface area is 152 Å². The smallest absolute Gasteiger partial charge is 0.225 e. The topological polar surface area (TPSA) is 62.5 Å². The standard InChI is InChI=1S/C19H23N7/c1-12-4-5-20-19(22-12)25-10-15-8-24(9-16(15)11-25)18-7-13(2)21-17-6-14(3)23-26(17)18/h4-7,15-16H,8-11H2,1-3H3. The summed E-state index contributed by atoms with van der Waals surface area (Å²) in [6, 6.07) is 6.15. The molecule has 7 nitrogen and oxygen atoms in total.